The maximum absolute atomic E-state index is 9.96. The van der Waals surface area contributed by atoms with Crippen molar-refractivity contribution in [3.8, 4) is 0 Å². The lowest BCUT2D eigenvalue weighted by atomic mass is 10.2. The Balaban J connectivity index is 2.71. The van der Waals surface area contributed by atoms with Crippen molar-refractivity contribution in [2.45, 2.75) is 26.2 Å². The molecule has 1 atom stereocenters. The summed E-state index contributed by atoms with van der Waals surface area (Å²) in [7, 11) is 1.71. The molecular weight excluding hydrogens is 198 g/mol. The van der Waals surface area contributed by atoms with Gasteiger partial charge >= 0.3 is 0 Å². The number of hydrogen-bond donors (Lipinski definition) is 1. The monoisotopic (exact) mass is 215 g/mol. The first-order valence-corrected chi connectivity index (χ1v) is 4.96. The highest BCUT2D eigenvalue weighted by Gasteiger charge is 2.24. The average molecular weight is 215 g/mol. The number of nitrogens with zero attached hydrogens (tertiary/aromatic N) is 3. The van der Waals surface area contributed by atoms with Crippen molar-refractivity contribution in [2.24, 2.45) is 7.05 Å². The third-order valence-electron chi connectivity index (χ3n) is 1.97. The maximum Gasteiger partial charge on any atom is 0.189 e. The van der Waals surface area contributed by atoms with Crippen LogP contribution in [-0.2, 0) is 16.5 Å². The second kappa shape index (κ2) is 5.79. The summed E-state index contributed by atoms with van der Waals surface area (Å²) >= 11 is 0. The lowest BCUT2D eigenvalue weighted by Crippen LogP contribution is -2.27. The first-order chi connectivity index (χ1) is 7.20. The molecular formula is C9H17N3O3. The van der Waals surface area contributed by atoms with Gasteiger partial charge in [-0.25, -0.2) is 4.68 Å². The van der Waals surface area contributed by atoms with Gasteiger partial charge in [-0.15, -0.1) is 5.10 Å². The Labute approximate surface area is 88.8 Å². The van der Waals surface area contributed by atoms with Crippen LogP contribution >= 0.6 is 0 Å². The van der Waals surface area contributed by atoms with Crippen molar-refractivity contribution in [3.05, 3.63) is 11.9 Å². The fraction of sp³-hybridized carbons (Fsp3) is 0.778. The van der Waals surface area contributed by atoms with E-state index in [1.54, 1.807) is 7.05 Å². The van der Waals surface area contributed by atoms with Gasteiger partial charge in [-0.05, 0) is 13.8 Å². The number of rotatable bonds is 6. The van der Waals surface area contributed by atoms with Gasteiger partial charge < -0.3 is 14.6 Å². The van der Waals surface area contributed by atoms with E-state index in [1.165, 1.54) is 10.9 Å². The van der Waals surface area contributed by atoms with Gasteiger partial charge in [-0.3, -0.25) is 0 Å². The van der Waals surface area contributed by atoms with Crippen molar-refractivity contribution >= 4 is 0 Å². The smallest absolute Gasteiger partial charge is 0.189 e. The topological polar surface area (TPSA) is 69.4 Å². The van der Waals surface area contributed by atoms with E-state index in [-0.39, 0.29) is 0 Å². The van der Waals surface area contributed by atoms with Crippen LogP contribution in [0.4, 0.5) is 0 Å². The highest BCUT2D eigenvalue weighted by molar-refractivity contribution is 4.99. The summed E-state index contributed by atoms with van der Waals surface area (Å²) in [5.41, 5.74) is 0.571. The van der Waals surface area contributed by atoms with Crippen LogP contribution in [0.3, 0.4) is 0 Å². The van der Waals surface area contributed by atoms with E-state index in [9.17, 15) is 5.11 Å². The molecule has 0 saturated carbocycles. The molecule has 6 nitrogen and oxygen atoms in total. The molecule has 0 aliphatic rings. The van der Waals surface area contributed by atoms with Crippen LogP contribution in [0.1, 0.15) is 25.6 Å². The number of aromatic nitrogens is 3. The Morgan fingerprint density at radius 1 is 1.40 bits per heavy atom. The minimum absolute atomic E-state index is 0.479. The van der Waals surface area contributed by atoms with Crippen LogP contribution in [0.2, 0.25) is 0 Å². The number of ether oxygens (including phenoxy) is 2. The molecule has 1 aromatic heterocycles. The molecule has 0 saturated heterocycles. The Kier molecular flexibility index (Phi) is 4.67. The van der Waals surface area contributed by atoms with E-state index < -0.39 is 12.4 Å². The molecule has 0 amide bonds. The highest BCUT2D eigenvalue weighted by Crippen LogP contribution is 2.18. The number of hydrogen-bond acceptors (Lipinski definition) is 5. The maximum atomic E-state index is 9.96. The van der Waals surface area contributed by atoms with E-state index in [0.717, 1.165) is 0 Å². The fourth-order valence-corrected chi connectivity index (χ4v) is 1.26. The van der Waals surface area contributed by atoms with Gasteiger partial charge in [0.25, 0.3) is 0 Å². The fourth-order valence-electron chi connectivity index (χ4n) is 1.26. The second-order valence-electron chi connectivity index (χ2n) is 3.01. The van der Waals surface area contributed by atoms with E-state index in [2.05, 4.69) is 10.3 Å². The number of aliphatic hydroxyl groups is 1. The van der Waals surface area contributed by atoms with Crippen LogP contribution in [0.25, 0.3) is 0 Å². The van der Waals surface area contributed by atoms with Crippen LogP contribution in [0, 0.1) is 0 Å². The molecule has 0 spiro atoms. The molecule has 1 N–H and O–H groups in total. The Hall–Kier alpha value is -0.980. The van der Waals surface area contributed by atoms with Gasteiger partial charge in [-0.1, -0.05) is 5.21 Å². The van der Waals surface area contributed by atoms with Crippen molar-refractivity contribution in [3.63, 3.8) is 0 Å². The SMILES string of the molecule is CCOC(OCC)C(O)c1cnnn1C. The summed E-state index contributed by atoms with van der Waals surface area (Å²) in [6, 6.07) is 0. The first kappa shape index (κ1) is 12.1. The molecule has 1 rings (SSSR count). The van der Waals surface area contributed by atoms with Crippen LogP contribution in [0.5, 0.6) is 0 Å². The van der Waals surface area contributed by atoms with E-state index in [4.69, 9.17) is 9.47 Å². The summed E-state index contributed by atoms with van der Waals surface area (Å²) in [5, 5.41) is 17.4. The first-order valence-electron chi connectivity index (χ1n) is 4.96. The molecule has 15 heavy (non-hydrogen) atoms. The predicted octanol–water partition coefficient (Wildman–Crippen LogP) is 0.248. The molecule has 1 aromatic rings. The molecule has 6 heteroatoms. The van der Waals surface area contributed by atoms with E-state index in [1.807, 2.05) is 13.8 Å². The zero-order chi connectivity index (χ0) is 11.3. The predicted molar refractivity (Wildman–Crippen MR) is 53.0 cm³/mol. The van der Waals surface area contributed by atoms with Crippen LogP contribution in [0.15, 0.2) is 6.20 Å². The minimum atomic E-state index is -0.870. The van der Waals surface area contributed by atoms with Gasteiger partial charge in [-0.2, -0.15) is 0 Å². The number of aryl methyl sites for hydroxylation is 1. The summed E-state index contributed by atoms with van der Waals surface area (Å²) in [4.78, 5) is 0. The summed E-state index contributed by atoms with van der Waals surface area (Å²) in [6.07, 6.45) is -0.0440. The Bertz CT molecular complexity index is 284. The average Bonchev–Trinajstić information content (AvgIpc) is 2.63. The zero-order valence-corrected chi connectivity index (χ0v) is 9.25. The molecule has 0 aromatic carbocycles. The van der Waals surface area contributed by atoms with Crippen LogP contribution < -0.4 is 0 Å². The summed E-state index contributed by atoms with van der Waals surface area (Å²) in [6.45, 7) is 4.65. The van der Waals surface area contributed by atoms with E-state index >= 15 is 0 Å². The Morgan fingerprint density at radius 2 is 2.00 bits per heavy atom. The standard InChI is InChI=1S/C9H17N3O3/c1-4-14-9(15-5-2)8(13)7-6-10-11-12(7)3/h6,8-9,13H,4-5H2,1-3H3. The number of aliphatic hydroxyl groups excluding tert-OH is 1. The molecule has 0 aliphatic carbocycles. The molecule has 0 radical (unpaired) electrons. The quantitative estimate of drug-likeness (QED) is 0.689. The molecule has 0 bridgehead atoms. The van der Waals surface area contributed by atoms with E-state index in [0.29, 0.717) is 18.9 Å². The largest absolute Gasteiger partial charge is 0.381 e. The third kappa shape index (κ3) is 2.98. The molecule has 0 fully saturated rings. The minimum Gasteiger partial charge on any atom is -0.381 e. The molecule has 1 heterocycles. The second-order valence-corrected chi connectivity index (χ2v) is 3.01. The molecule has 1 unspecified atom stereocenters. The van der Waals surface area contributed by atoms with Gasteiger partial charge in [0.15, 0.2) is 6.29 Å². The van der Waals surface area contributed by atoms with Gasteiger partial charge in [0, 0.05) is 20.3 Å². The highest BCUT2D eigenvalue weighted by atomic mass is 16.7. The van der Waals surface area contributed by atoms with Crippen molar-refractivity contribution < 1.29 is 14.6 Å². The lowest BCUT2D eigenvalue weighted by Gasteiger charge is -2.22. The van der Waals surface area contributed by atoms with Crippen molar-refractivity contribution in [1.82, 2.24) is 15.0 Å². The lowest BCUT2D eigenvalue weighted by molar-refractivity contribution is -0.193. The molecule has 86 valence electrons. The van der Waals surface area contributed by atoms with Gasteiger partial charge in [0.2, 0.25) is 0 Å². The molecule has 0 aliphatic heterocycles. The summed E-state index contributed by atoms with van der Waals surface area (Å²) < 4.78 is 12.1. The zero-order valence-electron chi connectivity index (χ0n) is 9.25. The third-order valence-corrected chi connectivity index (χ3v) is 1.97. The van der Waals surface area contributed by atoms with Crippen molar-refractivity contribution in [2.75, 3.05) is 13.2 Å². The van der Waals surface area contributed by atoms with Gasteiger partial charge in [0.05, 0.1) is 11.9 Å². The van der Waals surface area contributed by atoms with Gasteiger partial charge in [0.1, 0.15) is 6.10 Å². The summed E-state index contributed by atoms with van der Waals surface area (Å²) in [5.74, 6) is 0. The van der Waals surface area contributed by atoms with Crippen molar-refractivity contribution in [1.29, 1.82) is 0 Å². The van der Waals surface area contributed by atoms with Crippen LogP contribution in [-0.4, -0.2) is 39.6 Å². The Morgan fingerprint density at radius 3 is 2.40 bits per heavy atom. The normalized spacial score (nSPS) is 13.4.